The van der Waals surface area contributed by atoms with E-state index in [0.29, 0.717) is 12.0 Å². The van der Waals surface area contributed by atoms with Gasteiger partial charge in [-0.15, -0.1) is 0 Å². The minimum atomic E-state index is -5.08. The van der Waals surface area contributed by atoms with Crippen molar-refractivity contribution in [3.63, 3.8) is 0 Å². The first-order valence-corrected chi connectivity index (χ1v) is 14.0. The third-order valence-corrected chi connectivity index (χ3v) is 7.56. The van der Waals surface area contributed by atoms with Crippen LogP contribution in [0.1, 0.15) is 35.6 Å². The molecule has 0 unspecified atom stereocenters. The van der Waals surface area contributed by atoms with E-state index in [1.165, 1.54) is 12.1 Å². The molecule has 0 spiro atoms. The van der Waals surface area contributed by atoms with Crippen LogP contribution in [0.15, 0.2) is 53.4 Å². The monoisotopic (exact) mass is 631 g/mol. The number of hydrogen-bond donors (Lipinski definition) is 5. The molecule has 0 saturated carbocycles. The van der Waals surface area contributed by atoms with Gasteiger partial charge in [0.1, 0.15) is 11.9 Å². The van der Waals surface area contributed by atoms with Gasteiger partial charge in [0.15, 0.2) is 0 Å². The van der Waals surface area contributed by atoms with Gasteiger partial charge in [0, 0.05) is 19.2 Å². The van der Waals surface area contributed by atoms with Gasteiger partial charge in [0.2, 0.25) is 15.9 Å². The Balaban J connectivity index is 0.000000821. The van der Waals surface area contributed by atoms with Crippen LogP contribution in [0.2, 0.25) is 0 Å². The molecule has 2 aromatic rings. The van der Waals surface area contributed by atoms with Gasteiger partial charge < -0.3 is 20.9 Å². The lowest BCUT2D eigenvalue weighted by molar-refractivity contribution is -0.192. The number of methoxy groups -OCH3 is 1. The molecule has 2 aromatic carbocycles. The highest BCUT2D eigenvalue weighted by molar-refractivity contribution is 7.89. The number of carboxylic acids is 1. The quantitative estimate of drug-likeness (QED) is 0.146. The van der Waals surface area contributed by atoms with Crippen LogP contribution in [0.4, 0.5) is 13.2 Å². The van der Waals surface area contributed by atoms with E-state index in [1.807, 2.05) is 12.1 Å². The SMILES string of the molecule is COC(=O)[C@H](CNC(=O)C[C@@H]1C[C@@H](c2ccc(C(=N)N)cc2)N(C)O1)NS(=O)(=O)c1cccc(C)c1.O=C(O)C(F)(F)F. The molecule has 6 N–H and O–H groups in total. The number of carbonyl (C=O) groups excluding carboxylic acids is 2. The summed E-state index contributed by atoms with van der Waals surface area (Å²) in [6, 6.07) is 12.1. The summed E-state index contributed by atoms with van der Waals surface area (Å²) >= 11 is 0. The number of hydrogen-bond acceptors (Lipinski definition) is 9. The van der Waals surface area contributed by atoms with Crippen molar-refractivity contribution in [1.29, 1.82) is 5.41 Å². The number of carboxylic acid groups (broad SMARTS) is 1. The van der Waals surface area contributed by atoms with Gasteiger partial charge in [-0.3, -0.25) is 19.8 Å². The molecule has 13 nitrogen and oxygen atoms in total. The van der Waals surface area contributed by atoms with Gasteiger partial charge in [-0.2, -0.15) is 23.0 Å². The van der Waals surface area contributed by atoms with E-state index >= 15 is 0 Å². The summed E-state index contributed by atoms with van der Waals surface area (Å²) in [4.78, 5) is 39.5. The fourth-order valence-electron chi connectivity index (χ4n) is 3.95. The largest absolute Gasteiger partial charge is 0.490 e. The molecule has 3 rings (SSSR count). The van der Waals surface area contributed by atoms with Crippen LogP contribution in [0.5, 0.6) is 0 Å². The van der Waals surface area contributed by atoms with E-state index < -0.39 is 46.2 Å². The van der Waals surface area contributed by atoms with Crippen molar-refractivity contribution in [2.45, 2.75) is 49.0 Å². The maximum Gasteiger partial charge on any atom is 0.490 e. The summed E-state index contributed by atoms with van der Waals surface area (Å²) in [5, 5.41) is 18.9. The van der Waals surface area contributed by atoms with Gasteiger partial charge in [0.25, 0.3) is 0 Å². The number of halogens is 3. The van der Waals surface area contributed by atoms with Crippen molar-refractivity contribution < 1.29 is 50.7 Å². The molecular weight excluding hydrogens is 599 g/mol. The zero-order chi connectivity index (χ0) is 32.5. The molecule has 43 heavy (non-hydrogen) atoms. The Kier molecular flexibility index (Phi) is 12.2. The number of carbonyl (C=O) groups is 3. The first-order valence-electron chi connectivity index (χ1n) is 12.5. The van der Waals surface area contributed by atoms with Crippen LogP contribution in [0.3, 0.4) is 0 Å². The molecule has 1 saturated heterocycles. The molecule has 0 aliphatic carbocycles. The molecule has 1 heterocycles. The standard InChI is InChI=1S/C24H31N5O6S.C2HF3O2/c1-15-5-4-6-19(11-15)36(32,33)28-20(24(31)34-3)14-27-22(30)13-18-12-21(29(2)35-18)16-7-9-17(10-8-16)23(25)26;3-2(4,5)1(6)7/h4-11,18,20-21,28H,12-14H2,1-3H3,(H3,25,26)(H,27,30);(H,6,7)/t18-,20-,21-;/m0./s1. The molecule has 0 aromatic heterocycles. The van der Waals surface area contributed by atoms with E-state index in [-0.39, 0.29) is 29.7 Å². The summed E-state index contributed by atoms with van der Waals surface area (Å²) in [6.07, 6.45) is -4.93. The molecule has 1 fully saturated rings. The van der Waals surface area contributed by atoms with Crippen molar-refractivity contribution in [3.05, 3.63) is 65.2 Å². The third kappa shape index (κ3) is 10.6. The Labute approximate surface area is 245 Å². The highest BCUT2D eigenvalue weighted by Crippen LogP contribution is 2.34. The summed E-state index contributed by atoms with van der Waals surface area (Å²) in [6.45, 7) is 1.47. The second-order valence-corrected chi connectivity index (χ2v) is 11.1. The predicted molar refractivity (Wildman–Crippen MR) is 146 cm³/mol. The van der Waals surface area contributed by atoms with Crippen LogP contribution < -0.4 is 15.8 Å². The summed E-state index contributed by atoms with van der Waals surface area (Å²) in [7, 11) is -1.10. The number of amides is 1. The van der Waals surface area contributed by atoms with E-state index in [2.05, 4.69) is 10.0 Å². The van der Waals surface area contributed by atoms with E-state index in [0.717, 1.165) is 18.2 Å². The molecule has 0 bridgehead atoms. The first-order chi connectivity index (χ1) is 19.9. The maximum absolute atomic E-state index is 12.7. The van der Waals surface area contributed by atoms with Crippen molar-refractivity contribution in [3.8, 4) is 0 Å². The topological polar surface area (TPSA) is 201 Å². The minimum absolute atomic E-state index is 0.00694. The zero-order valence-corrected chi connectivity index (χ0v) is 24.2. The van der Waals surface area contributed by atoms with E-state index in [1.54, 1.807) is 43.3 Å². The molecule has 17 heteroatoms. The molecule has 1 aliphatic rings. The number of aryl methyl sites for hydroxylation is 1. The Morgan fingerprint density at radius 1 is 1.21 bits per heavy atom. The number of rotatable bonds is 10. The van der Waals surface area contributed by atoms with Gasteiger partial charge in [-0.1, -0.05) is 36.4 Å². The molecule has 236 valence electrons. The molecule has 1 amide bonds. The van der Waals surface area contributed by atoms with Crippen molar-refractivity contribution in [2.24, 2.45) is 5.73 Å². The number of hydroxylamine groups is 2. The number of nitrogens with one attached hydrogen (secondary N) is 3. The highest BCUT2D eigenvalue weighted by atomic mass is 32.2. The molecule has 1 aliphatic heterocycles. The normalized spacial score (nSPS) is 17.7. The number of ether oxygens (including phenoxy) is 1. The lowest BCUT2D eigenvalue weighted by Gasteiger charge is -2.18. The van der Waals surface area contributed by atoms with Crippen LogP contribution in [0, 0.1) is 12.3 Å². The average Bonchev–Trinajstić information content (AvgIpc) is 3.29. The number of benzene rings is 2. The third-order valence-electron chi connectivity index (χ3n) is 6.09. The Hall–Kier alpha value is -4.06. The van der Waals surface area contributed by atoms with Crippen LogP contribution in [-0.4, -0.2) is 81.3 Å². The molecule has 3 atom stereocenters. The number of esters is 1. The zero-order valence-electron chi connectivity index (χ0n) is 23.3. The molecule has 0 radical (unpaired) electrons. The fraction of sp³-hybridized carbons (Fsp3) is 0.385. The number of nitrogen functional groups attached to an aromatic ring is 1. The number of alkyl halides is 3. The van der Waals surface area contributed by atoms with E-state index in [4.69, 9.17) is 30.6 Å². The second-order valence-electron chi connectivity index (χ2n) is 9.39. The Morgan fingerprint density at radius 2 is 1.81 bits per heavy atom. The minimum Gasteiger partial charge on any atom is -0.475 e. The summed E-state index contributed by atoms with van der Waals surface area (Å²) < 4.78 is 64.2. The second kappa shape index (κ2) is 14.9. The van der Waals surface area contributed by atoms with E-state index in [9.17, 15) is 31.2 Å². The average molecular weight is 632 g/mol. The highest BCUT2D eigenvalue weighted by Gasteiger charge is 2.38. The number of sulfonamides is 1. The number of amidine groups is 1. The number of nitrogens with zero attached hydrogens (tertiary/aromatic N) is 1. The summed E-state index contributed by atoms with van der Waals surface area (Å²) in [5.74, 6) is -3.99. The smallest absolute Gasteiger partial charge is 0.475 e. The van der Waals surface area contributed by atoms with Gasteiger partial charge in [-0.25, -0.2) is 13.2 Å². The summed E-state index contributed by atoms with van der Waals surface area (Å²) in [5.41, 5.74) is 7.83. The Bertz CT molecular complexity index is 1420. The van der Waals surface area contributed by atoms with Crippen molar-refractivity contribution in [1.82, 2.24) is 15.1 Å². The van der Waals surface area contributed by atoms with Gasteiger partial charge in [0.05, 0.1) is 30.6 Å². The van der Waals surface area contributed by atoms with Gasteiger partial charge in [-0.05, 0) is 36.6 Å². The molecular formula is C26H32F3N5O8S. The first kappa shape index (κ1) is 35.1. The van der Waals surface area contributed by atoms with Crippen LogP contribution >= 0.6 is 0 Å². The van der Waals surface area contributed by atoms with Crippen molar-refractivity contribution >= 4 is 33.7 Å². The van der Waals surface area contributed by atoms with Crippen LogP contribution in [0.25, 0.3) is 0 Å². The Morgan fingerprint density at radius 3 is 2.33 bits per heavy atom. The fourth-order valence-corrected chi connectivity index (χ4v) is 5.24. The van der Waals surface area contributed by atoms with Gasteiger partial charge >= 0.3 is 18.1 Å². The maximum atomic E-state index is 12.7. The number of nitrogens with two attached hydrogens (primary N) is 1. The number of aliphatic carboxylic acids is 1. The predicted octanol–water partition coefficient (Wildman–Crippen LogP) is 1.62. The lowest BCUT2D eigenvalue weighted by Crippen LogP contribution is -2.49. The van der Waals surface area contributed by atoms with Crippen molar-refractivity contribution in [2.75, 3.05) is 20.7 Å². The lowest BCUT2D eigenvalue weighted by atomic mass is 9.99. The van der Waals surface area contributed by atoms with Crippen LogP contribution in [-0.2, 0) is 34.0 Å².